The van der Waals surface area contributed by atoms with Crippen molar-refractivity contribution in [1.29, 1.82) is 5.26 Å². The van der Waals surface area contributed by atoms with Crippen LogP contribution in [-0.2, 0) is 4.74 Å². The molecular formula is C11H12N2O. The van der Waals surface area contributed by atoms with Gasteiger partial charge < -0.3 is 4.74 Å². The van der Waals surface area contributed by atoms with Crippen LogP contribution in [0, 0.1) is 18.3 Å². The SMILES string of the molecule is C=C(OCC)c1cnc(C#N)c(C)c1. The second-order valence-electron chi connectivity index (χ2n) is 2.86. The largest absolute Gasteiger partial charge is 0.494 e. The normalized spacial score (nSPS) is 9.21. The highest BCUT2D eigenvalue weighted by Gasteiger charge is 2.03. The highest BCUT2D eigenvalue weighted by atomic mass is 16.5. The fourth-order valence-corrected chi connectivity index (χ4v) is 1.10. The first-order valence-corrected chi connectivity index (χ1v) is 4.37. The molecule has 0 amide bonds. The van der Waals surface area contributed by atoms with E-state index < -0.39 is 0 Å². The summed E-state index contributed by atoms with van der Waals surface area (Å²) in [7, 11) is 0. The van der Waals surface area contributed by atoms with Crippen LogP contribution >= 0.6 is 0 Å². The van der Waals surface area contributed by atoms with Gasteiger partial charge in [-0.05, 0) is 25.5 Å². The quantitative estimate of drug-likeness (QED) is 0.683. The van der Waals surface area contributed by atoms with E-state index in [-0.39, 0.29) is 0 Å². The maximum atomic E-state index is 8.69. The van der Waals surface area contributed by atoms with Crippen molar-refractivity contribution in [3.05, 3.63) is 35.7 Å². The van der Waals surface area contributed by atoms with Gasteiger partial charge >= 0.3 is 0 Å². The Hall–Kier alpha value is -1.82. The van der Waals surface area contributed by atoms with Crippen LogP contribution in [0.3, 0.4) is 0 Å². The van der Waals surface area contributed by atoms with Crippen LogP contribution < -0.4 is 0 Å². The Kier molecular flexibility index (Phi) is 3.24. The molecule has 1 heterocycles. The van der Waals surface area contributed by atoms with Crippen LogP contribution in [0.5, 0.6) is 0 Å². The van der Waals surface area contributed by atoms with Crippen molar-refractivity contribution in [3.63, 3.8) is 0 Å². The maximum Gasteiger partial charge on any atom is 0.143 e. The zero-order chi connectivity index (χ0) is 10.6. The molecule has 0 saturated carbocycles. The highest BCUT2D eigenvalue weighted by molar-refractivity contribution is 5.58. The number of hydrogen-bond acceptors (Lipinski definition) is 3. The summed E-state index contributed by atoms with van der Waals surface area (Å²) in [4.78, 5) is 4.00. The molecule has 0 atom stereocenters. The van der Waals surface area contributed by atoms with Crippen LogP contribution in [0.4, 0.5) is 0 Å². The molecule has 0 radical (unpaired) electrons. The van der Waals surface area contributed by atoms with E-state index in [0.29, 0.717) is 18.1 Å². The number of ether oxygens (including phenoxy) is 1. The molecule has 0 fully saturated rings. The van der Waals surface area contributed by atoms with E-state index in [1.807, 2.05) is 26.0 Å². The predicted octanol–water partition coefficient (Wildman–Crippen LogP) is 2.27. The smallest absolute Gasteiger partial charge is 0.143 e. The summed E-state index contributed by atoms with van der Waals surface area (Å²) < 4.78 is 5.24. The lowest BCUT2D eigenvalue weighted by atomic mass is 10.1. The summed E-state index contributed by atoms with van der Waals surface area (Å²) in [5.74, 6) is 0.590. The topological polar surface area (TPSA) is 45.9 Å². The minimum atomic E-state index is 0.443. The van der Waals surface area contributed by atoms with Gasteiger partial charge in [0, 0.05) is 11.8 Å². The molecule has 1 aromatic heterocycles. The second-order valence-corrected chi connectivity index (χ2v) is 2.86. The predicted molar refractivity (Wildman–Crippen MR) is 54.3 cm³/mol. The zero-order valence-electron chi connectivity index (χ0n) is 8.37. The molecule has 0 bridgehead atoms. The molecule has 0 aliphatic rings. The molecule has 0 aliphatic carbocycles. The second kappa shape index (κ2) is 4.43. The van der Waals surface area contributed by atoms with E-state index in [9.17, 15) is 0 Å². The maximum absolute atomic E-state index is 8.69. The first-order chi connectivity index (χ1) is 6.69. The van der Waals surface area contributed by atoms with Crippen LogP contribution in [0.2, 0.25) is 0 Å². The van der Waals surface area contributed by atoms with Crippen molar-refractivity contribution in [2.24, 2.45) is 0 Å². The van der Waals surface area contributed by atoms with Crippen LogP contribution in [0.25, 0.3) is 5.76 Å². The lowest BCUT2D eigenvalue weighted by Gasteiger charge is -2.07. The van der Waals surface area contributed by atoms with E-state index in [2.05, 4.69) is 11.6 Å². The Morgan fingerprint density at radius 3 is 2.93 bits per heavy atom. The Balaban J connectivity index is 2.98. The number of pyridine rings is 1. The van der Waals surface area contributed by atoms with Crippen molar-refractivity contribution in [2.75, 3.05) is 6.61 Å². The van der Waals surface area contributed by atoms with E-state index in [1.54, 1.807) is 6.20 Å². The molecule has 0 spiro atoms. The Bertz CT molecular complexity index is 391. The summed E-state index contributed by atoms with van der Waals surface area (Å²) in [5.41, 5.74) is 2.10. The molecule has 0 aromatic carbocycles. The average Bonchev–Trinajstić information content (AvgIpc) is 2.18. The van der Waals surface area contributed by atoms with Gasteiger partial charge in [0.15, 0.2) is 0 Å². The first kappa shape index (κ1) is 10.3. The van der Waals surface area contributed by atoms with Crippen molar-refractivity contribution >= 4 is 5.76 Å². The molecule has 0 N–H and O–H groups in total. The number of rotatable bonds is 3. The molecule has 0 saturated heterocycles. The van der Waals surface area contributed by atoms with Crippen molar-refractivity contribution in [2.45, 2.75) is 13.8 Å². The molecule has 0 aliphatic heterocycles. The molecule has 0 unspecified atom stereocenters. The lowest BCUT2D eigenvalue weighted by molar-refractivity contribution is 0.299. The van der Waals surface area contributed by atoms with Gasteiger partial charge in [0.05, 0.1) is 6.61 Å². The molecule has 1 rings (SSSR count). The fourth-order valence-electron chi connectivity index (χ4n) is 1.10. The van der Waals surface area contributed by atoms with Gasteiger partial charge in [0.25, 0.3) is 0 Å². The molecule has 3 nitrogen and oxygen atoms in total. The third-order valence-electron chi connectivity index (χ3n) is 1.82. The first-order valence-electron chi connectivity index (χ1n) is 4.37. The zero-order valence-corrected chi connectivity index (χ0v) is 8.37. The molecule has 14 heavy (non-hydrogen) atoms. The number of nitriles is 1. The summed E-state index contributed by atoms with van der Waals surface area (Å²) in [6.45, 7) is 8.09. The number of aromatic nitrogens is 1. The van der Waals surface area contributed by atoms with E-state index in [1.165, 1.54) is 0 Å². The van der Waals surface area contributed by atoms with E-state index >= 15 is 0 Å². The third-order valence-corrected chi connectivity index (χ3v) is 1.82. The van der Waals surface area contributed by atoms with E-state index in [4.69, 9.17) is 10.00 Å². The molecular weight excluding hydrogens is 176 g/mol. The van der Waals surface area contributed by atoms with E-state index in [0.717, 1.165) is 11.1 Å². The monoisotopic (exact) mass is 188 g/mol. The number of aryl methyl sites for hydroxylation is 1. The van der Waals surface area contributed by atoms with Gasteiger partial charge in [-0.3, -0.25) is 0 Å². The third kappa shape index (κ3) is 2.11. The van der Waals surface area contributed by atoms with Crippen molar-refractivity contribution in [1.82, 2.24) is 4.98 Å². The van der Waals surface area contributed by atoms with Crippen LogP contribution in [0.15, 0.2) is 18.8 Å². The fraction of sp³-hybridized carbons (Fsp3) is 0.273. The summed E-state index contributed by atoms with van der Waals surface area (Å²) in [6, 6.07) is 3.86. The Morgan fingerprint density at radius 1 is 1.71 bits per heavy atom. The minimum Gasteiger partial charge on any atom is -0.494 e. The van der Waals surface area contributed by atoms with Gasteiger partial charge in [0.1, 0.15) is 17.5 Å². The van der Waals surface area contributed by atoms with Gasteiger partial charge in [-0.25, -0.2) is 4.98 Å². The lowest BCUT2D eigenvalue weighted by Crippen LogP contribution is -1.94. The van der Waals surface area contributed by atoms with Gasteiger partial charge in [-0.1, -0.05) is 6.58 Å². The Morgan fingerprint density at radius 2 is 2.43 bits per heavy atom. The Labute approximate surface area is 83.7 Å². The van der Waals surface area contributed by atoms with Gasteiger partial charge in [-0.2, -0.15) is 5.26 Å². The molecule has 72 valence electrons. The summed E-state index contributed by atoms with van der Waals surface area (Å²) in [5, 5.41) is 8.69. The summed E-state index contributed by atoms with van der Waals surface area (Å²) in [6.07, 6.45) is 1.60. The summed E-state index contributed by atoms with van der Waals surface area (Å²) >= 11 is 0. The highest BCUT2D eigenvalue weighted by Crippen LogP contribution is 2.15. The standard InChI is InChI=1S/C11H12N2O/c1-4-14-9(3)10-5-8(2)11(6-12)13-7-10/h5,7H,3-4H2,1-2H3. The van der Waals surface area contributed by atoms with Gasteiger partial charge in [-0.15, -0.1) is 0 Å². The number of nitrogens with zero attached hydrogens (tertiary/aromatic N) is 2. The molecule has 1 aromatic rings. The minimum absolute atomic E-state index is 0.443. The van der Waals surface area contributed by atoms with Crippen LogP contribution in [-0.4, -0.2) is 11.6 Å². The average molecular weight is 188 g/mol. The number of hydrogen-bond donors (Lipinski definition) is 0. The van der Waals surface area contributed by atoms with Gasteiger partial charge in [0.2, 0.25) is 0 Å². The van der Waals surface area contributed by atoms with Crippen molar-refractivity contribution < 1.29 is 4.74 Å². The van der Waals surface area contributed by atoms with Crippen LogP contribution in [0.1, 0.15) is 23.7 Å². The molecule has 3 heteroatoms. The van der Waals surface area contributed by atoms with Crippen molar-refractivity contribution in [3.8, 4) is 6.07 Å².